The minimum atomic E-state index is -1.30. The van der Waals surface area contributed by atoms with Crippen molar-refractivity contribution >= 4 is 17.3 Å². The van der Waals surface area contributed by atoms with Crippen LogP contribution in [0, 0.1) is 27.7 Å². The van der Waals surface area contributed by atoms with Gasteiger partial charge in [0.2, 0.25) is 0 Å². The van der Waals surface area contributed by atoms with E-state index in [0.717, 1.165) is 33.2 Å². The Labute approximate surface area is 186 Å². The van der Waals surface area contributed by atoms with E-state index in [9.17, 15) is 9.90 Å². The number of aliphatic carboxylic acids is 1. The first-order chi connectivity index (χ1) is 14.5. The van der Waals surface area contributed by atoms with E-state index in [0.29, 0.717) is 31.3 Å². The molecule has 3 rings (SSSR count). The number of carbonyl (C=O) groups is 1. The second-order valence-corrected chi connectivity index (χ2v) is 9.26. The summed E-state index contributed by atoms with van der Waals surface area (Å²) in [5.41, 5.74) is 2.56. The van der Waals surface area contributed by atoms with Crippen LogP contribution in [0.4, 0.5) is 0 Å². The van der Waals surface area contributed by atoms with Crippen molar-refractivity contribution in [3.8, 4) is 5.75 Å². The second kappa shape index (κ2) is 9.20. The molecule has 0 saturated carbocycles. The SMILES string of the molecule is Cc1nc(CN(Cc2cc(C)c(OC(C)(C)C(=O)O)c(C)c2)Cc2nccs2)c(C)o1. The Morgan fingerprint density at radius 3 is 2.35 bits per heavy atom. The molecule has 0 fully saturated rings. The molecular weight excluding hydrogens is 414 g/mol. The molecular formula is C23H29N3O4S. The number of nitrogens with zero attached hydrogens (tertiary/aromatic N) is 3. The third-order valence-electron chi connectivity index (χ3n) is 5.01. The molecule has 0 aliphatic rings. The molecule has 7 nitrogen and oxygen atoms in total. The Morgan fingerprint density at radius 1 is 1.16 bits per heavy atom. The van der Waals surface area contributed by atoms with Gasteiger partial charge in [-0.2, -0.15) is 0 Å². The molecule has 2 aromatic heterocycles. The predicted octanol–water partition coefficient (Wildman–Crippen LogP) is 4.81. The lowest BCUT2D eigenvalue weighted by molar-refractivity contribution is -0.152. The van der Waals surface area contributed by atoms with Gasteiger partial charge in [0.1, 0.15) is 16.5 Å². The van der Waals surface area contributed by atoms with E-state index in [2.05, 4.69) is 27.0 Å². The first-order valence-electron chi connectivity index (χ1n) is 10.1. The maximum Gasteiger partial charge on any atom is 0.347 e. The maximum absolute atomic E-state index is 11.5. The molecule has 0 saturated heterocycles. The van der Waals surface area contributed by atoms with Gasteiger partial charge in [-0.15, -0.1) is 11.3 Å². The van der Waals surface area contributed by atoms with Gasteiger partial charge in [0, 0.05) is 31.6 Å². The van der Waals surface area contributed by atoms with E-state index < -0.39 is 11.6 Å². The van der Waals surface area contributed by atoms with Crippen LogP contribution < -0.4 is 4.74 Å². The van der Waals surface area contributed by atoms with E-state index in [-0.39, 0.29) is 0 Å². The van der Waals surface area contributed by atoms with Crippen LogP contribution in [0.5, 0.6) is 5.75 Å². The fourth-order valence-corrected chi connectivity index (χ4v) is 4.13. The molecule has 0 bridgehead atoms. The van der Waals surface area contributed by atoms with Crippen molar-refractivity contribution in [3.63, 3.8) is 0 Å². The van der Waals surface area contributed by atoms with E-state index in [1.165, 1.54) is 0 Å². The summed E-state index contributed by atoms with van der Waals surface area (Å²) in [6, 6.07) is 4.10. The van der Waals surface area contributed by atoms with Crippen molar-refractivity contribution in [2.75, 3.05) is 0 Å². The van der Waals surface area contributed by atoms with Crippen LogP contribution in [0.2, 0.25) is 0 Å². The van der Waals surface area contributed by atoms with Crippen LogP contribution in [0.15, 0.2) is 28.1 Å². The fourth-order valence-electron chi connectivity index (χ4n) is 3.47. The highest BCUT2D eigenvalue weighted by molar-refractivity contribution is 7.09. The topological polar surface area (TPSA) is 88.7 Å². The molecule has 0 unspecified atom stereocenters. The Balaban J connectivity index is 1.84. The first kappa shape index (κ1) is 23.0. The van der Waals surface area contributed by atoms with E-state index in [1.807, 2.05) is 39.3 Å². The zero-order valence-corrected chi connectivity index (χ0v) is 19.7. The molecule has 0 spiro atoms. The number of hydrogen-bond acceptors (Lipinski definition) is 7. The van der Waals surface area contributed by atoms with Crippen molar-refractivity contribution in [2.24, 2.45) is 0 Å². The average molecular weight is 444 g/mol. The highest BCUT2D eigenvalue weighted by Gasteiger charge is 2.30. The minimum absolute atomic E-state index is 0.616. The lowest BCUT2D eigenvalue weighted by atomic mass is 10.0. The molecule has 2 heterocycles. The molecule has 1 aromatic carbocycles. The molecule has 166 valence electrons. The molecule has 0 radical (unpaired) electrons. The summed E-state index contributed by atoms with van der Waals surface area (Å²) < 4.78 is 11.4. The van der Waals surface area contributed by atoms with Crippen LogP contribution >= 0.6 is 11.3 Å². The van der Waals surface area contributed by atoms with Crippen LogP contribution in [0.1, 0.15) is 52.9 Å². The summed E-state index contributed by atoms with van der Waals surface area (Å²) >= 11 is 1.63. The molecule has 3 aromatic rings. The normalized spacial score (nSPS) is 11.8. The summed E-state index contributed by atoms with van der Waals surface area (Å²) in [6.45, 7) is 12.8. The summed E-state index contributed by atoms with van der Waals surface area (Å²) in [7, 11) is 0. The summed E-state index contributed by atoms with van der Waals surface area (Å²) in [6.07, 6.45) is 1.81. The van der Waals surface area contributed by atoms with Crippen molar-refractivity contribution in [1.82, 2.24) is 14.9 Å². The summed E-state index contributed by atoms with van der Waals surface area (Å²) in [4.78, 5) is 22.7. The number of carboxylic acid groups (broad SMARTS) is 1. The van der Waals surface area contributed by atoms with Crippen LogP contribution in [-0.4, -0.2) is 31.5 Å². The van der Waals surface area contributed by atoms with Crippen molar-refractivity contribution in [1.29, 1.82) is 0 Å². The number of aryl methyl sites for hydroxylation is 4. The van der Waals surface area contributed by atoms with Gasteiger partial charge >= 0.3 is 5.97 Å². The minimum Gasteiger partial charge on any atom is -0.478 e. The molecule has 0 aliphatic heterocycles. The van der Waals surface area contributed by atoms with E-state index in [1.54, 1.807) is 25.2 Å². The second-order valence-electron chi connectivity index (χ2n) is 8.28. The number of rotatable bonds is 9. The number of benzene rings is 1. The molecule has 0 amide bonds. The molecule has 0 atom stereocenters. The van der Waals surface area contributed by atoms with Crippen LogP contribution in [0.3, 0.4) is 0 Å². The van der Waals surface area contributed by atoms with Gasteiger partial charge in [-0.25, -0.2) is 14.8 Å². The Bertz CT molecular complexity index is 1030. The Kier molecular flexibility index (Phi) is 6.81. The van der Waals surface area contributed by atoms with Crippen molar-refractivity contribution < 1.29 is 19.1 Å². The molecule has 0 aliphatic carbocycles. The van der Waals surface area contributed by atoms with Gasteiger partial charge in [0.05, 0.1) is 12.2 Å². The lowest BCUT2D eigenvalue weighted by Crippen LogP contribution is -2.38. The third-order valence-corrected chi connectivity index (χ3v) is 5.78. The number of aromatic nitrogens is 2. The van der Waals surface area contributed by atoms with E-state index >= 15 is 0 Å². The first-order valence-corrected chi connectivity index (χ1v) is 11.0. The number of oxazole rings is 1. The highest BCUT2D eigenvalue weighted by Crippen LogP contribution is 2.30. The van der Waals surface area contributed by atoms with E-state index in [4.69, 9.17) is 9.15 Å². The number of thiazole rings is 1. The van der Waals surface area contributed by atoms with Gasteiger partial charge in [0.25, 0.3) is 0 Å². The number of hydrogen-bond donors (Lipinski definition) is 1. The Morgan fingerprint density at radius 2 is 1.84 bits per heavy atom. The fraction of sp³-hybridized carbons (Fsp3) is 0.435. The highest BCUT2D eigenvalue weighted by atomic mass is 32.1. The maximum atomic E-state index is 11.5. The van der Waals surface area contributed by atoms with Gasteiger partial charge in [0.15, 0.2) is 11.5 Å². The molecule has 8 heteroatoms. The molecule has 1 N–H and O–H groups in total. The summed E-state index contributed by atoms with van der Waals surface area (Å²) in [5.74, 6) is 1.11. The van der Waals surface area contributed by atoms with Gasteiger partial charge in [-0.1, -0.05) is 12.1 Å². The van der Waals surface area contributed by atoms with Crippen molar-refractivity contribution in [2.45, 2.75) is 66.8 Å². The van der Waals surface area contributed by atoms with Gasteiger partial charge in [-0.3, -0.25) is 4.90 Å². The smallest absolute Gasteiger partial charge is 0.347 e. The number of ether oxygens (including phenoxy) is 1. The number of carboxylic acids is 1. The standard InChI is InChI=1S/C23H29N3O4S/c1-14-9-18(10-15(2)21(14)30-23(5,6)22(27)28)11-26(13-20-24-7-8-31-20)12-19-16(3)29-17(4)25-19/h7-10H,11-13H2,1-6H3,(H,27,28). The Hall–Kier alpha value is -2.71. The molecule has 31 heavy (non-hydrogen) atoms. The third kappa shape index (κ3) is 5.71. The monoisotopic (exact) mass is 443 g/mol. The summed E-state index contributed by atoms with van der Waals surface area (Å²) in [5, 5.41) is 12.4. The quantitative estimate of drug-likeness (QED) is 0.508. The zero-order chi connectivity index (χ0) is 22.8. The van der Waals surface area contributed by atoms with Crippen LogP contribution in [-0.2, 0) is 24.4 Å². The van der Waals surface area contributed by atoms with Crippen molar-refractivity contribution in [3.05, 3.63) is 62.8 Å². The average Bonchev–Trinajstić information content (AvgIpc) is 3.27. The zero-order valence-electron chi connectivity index (χ0n) is 18.9. The predicted molar refractivity (Wildman–Crippen MR) is 119 cm³/mol. The van der Waals surface area contributed by atoms with Crippen LogP contribution in [0.25, 0.3) is 0 Å². The van der Waals surface area contributed by atoms with Gasteiger partial charge < -0.3 is 14.3 Å². The largest absolute Gasteiger partial charge is 0.478 e. The lowest BCUT2D eigenvalue weighted by Gasteiger charge is -2.25. The van der Waals surface area contributed by atoms with Gasteiger partial charge in [-0.05, 0) is 51.3 Å².